The molecule has 0 bridgehead atoms. The summed E-state index contributed by atoms with van der Waals surface area (Å²) >= 11 is 0. The lowest BCUT2D eigenvalue weighted by molar-refractivity contribution is 0.0651. The quantitative estimate of drug-likeness (QED) is 0.633. The van der Waals surface area contributed by atoms with Crippen LogP contribution in [0.4, 0.5) is 0 Å². The van der Waals surface area contributed by atoms with Gasteiger partial charge in [0, 0.05) is 39.3 Å². The standard InChI is InChI=1S/C20H33N2O2/c23-16-8-3-1-2-7-11-20(24)18-22-14-12-21(13-15-22)17-19-9-5-4-6-10-19/h4-6,9-10,20,24H,1-3,7-8,11-18H2. The van der Waals surface area contributed by atoms with Crippen LogP contribution >= 0.6 is 0 Å². The average molecular weight is 333 g/mol. The van der Waals surface area contributed by atoms with Crippen molar-refractivity contribution in [1.29, 1.82) is 0 Å². The maximum absolute atomic E-state index is 10.4. The molecule has 1 N–H and O–H groups in total. The van der Waals surface area contributed by atoms with E-state index in [-0.39, 0.29) is 12.7 Å². The van der Waals surface area contributed by atoms with Crippen LogP contribution in [-0.4, -0.2) is 60.3 Å². The van der Waals surface area contributed by atoms with Crippen LogP contribution in [0.5, 0.6) is 0 Å². The Labute approximate surface area is 147 Å². The van der Waals surface area contributed by atoms with Crippen LogP contribution in [0.1, 0.15) is 44.1 Å². The number of nitrogens with zero attached hydrogens (tertiary/aromatic N) is 2. The summed E-state index contributed by atoms with van der Waals surface area (Å²) in [6.07, 6.45) is 5.88. The minimum Gasteiger partial charge on any atom is -0.392 e. The summed E-state index contributed by atoms with van der Waals surface area (Å²) in [7, 11) is 0. The van der Waals surface area contributed by atoms with E-state index in [0.717, 1.165) is 77.8 Å². The van der Waals surface area contributed by atoms with Gasteiger partial charge in [0.25, 0.3) is 0 Å². The molecule has 135 valence electrons. The molecule has 0 aromatic heterocycles. The highest BCUT2D eigenvalue weighted by molar-refractivity contribution is 5.14. The third-order valence-corrected chi connectivity index (χ3v) is 4.86. The Kier molecular flexibility index (Phi) is 9.36. The van der Waals surface area contributed by atoms with Gasteiger partial charge in [0.2, 0.25) is 0 Å². The molecule has 1 saturated heterocycles. The summed E-state index contributed by atoms with van der Waals surface area (Å²) in [5, 5.41) is 20.6. The van der Waals surface area contributed by atoms with E-state index in [0.29, 0.717) is 0 Å². The van der Waals surface area contributed by atoms with Crippen molar-refractivity contribution in [2.45, 2.75) is 51.2 Å². The first-order valence-corrected chi connectivity index (χ1v) is 9.52. The van der Waals surface area contributed by atoms with Crippen LogP contribution in [0.3, 0.4) is 0 Å². The Balaban J connectivity index is 1.54. The van der Waals surface area contributed by atoms with Crippen LogP contribution in [0.2, 0.25) is 0 Å². The van der Waals surface area contributed by atoms with Crippen molar-refractivity contribution >= 4 is 0 Å². The van der Waals surface area contributed by atoms with Gasteiger partial charge in [-0.25, -0.2) is 5.11 Å². The monoisotopic (exact) mass is 333 g/mol. The first-order chi connectivity index (χ1) is 11.8. The molecule has 0 saturated carbocycles. The molecule has 1 aromatic carbocycles. The Morgan fingerprint density at radius 3 is 2.21 bits per heavy atom. The zero-order valence-corrected chi connectivity index (χ0v) is 14.9. The molecular formula is C20H33N2O2. The topological polar surface area (TPSA) is 46.6 Å². The van der Waals surface area contributed by atoms with E-state index in [1.165, 1.54) is 5.56 Å². The summed E-state index contributed by atoms with van der Waals surface area (Å²) in [6.45, 7) is 6.15. The van der Waals surface area contributed by atoms with Crippen LogP contribution in [-0.2, 0) is 11.7 Å². The fourth-order valence-electron chi connectivity index (χ4n) is 3.37. The van der Waals surface area contributed by atoms with Crippen LogP contribution in [0.15, 0.2) is 30.3 Å². The van der Waals surface area contributed by atoms with E-state index in [9.17, 15) is 10.2 Å². The van der Waals surface area contributed by atoms with Crippen molar-refractivity contribution in [3.63, 3.8) is 0 Å². The van der Waals surface area contributed by atoms with Crippen molar-refractivity contribution in [1.82, 2.24) is 9.80 Å². The molecule has 0 spiro atoms. The highest BCUT2D eigenvalue weighted by atomic mass is 16.3. The minimum atomic E-state index is -0.204. The van der Waals surface area contributed by atoms with Crippen molar-refractivity contribution in [3.05, 3.63) is 35.9 Å². The van der Waals surface area contributed by atoms with Gasteiger partial charge in [-0.3, -0.25) is 9.80 Å². The fourth-order valence-corrected chi connectivity index (χ4v) is 3.37. The summed E-state index contributed by atoms with van der Waals surface area (Å²) in [6, 6.07) is 10.6. The number of unbranched alkanes of at least 4 members (excludes halogenated alkanes) is 4. The van der Waals surface area contributed by atoms with Gasteiger partial charge in [-0.15, -0.1) is 0 Å². The van der Waals surface area contributed by atoms with E-state index in [4.69, 9.17) is 0 Å². The molecule has 2 rings (SSSR count). The van der Waals surface area contributed by atoms with Crippen molar-refractivity contribution in [2.24, 2.45) is 0 Å². The van der Waals surface area contributed by atoms with Gasteiger partial charge in [0.1, 0.15) is 0 Å². The SMILES string of the molecule is [O]CCCCCCCC(O)CN1CCN(Cc2ccccc2)CC1. The predicted octanol–water partition coefficient (Wildman–Crippen LogP) is 2.94. The van der Waals surface area contributed by atoms with E-state index in [1.54, 1.807) is 0 Å². The van der Waals surface area contributed by atoms with Gasteiger partial charge in [0.15, 0.2) is 0 Å². The number of piperazine rings is 1. The lowest BCUT2D eigenvalue weighted by Gasteiger charge is -2.35. The van der Waals surface area contributed by atoms with Gasteiger partial charge in [0.05, 0.1) is 12.7 Å². The zero-order valence-electron chi connectivity index (χ0n) is 14.9. The molecule has 4 heteroatoms. The van der Waals surface area contributed by atoms with Gasteiger partial charge in [-0.2, -0.15) is 0 Å². The number of benzene rings is 1. The van der Waals surface area contributed by atoms with Crippen LogP contribution in [0, 0.1) is 0 Å². The molecule has 0 aliphatic carbocycles. The van der Waals surface area contributed by atoms with Gasteiger partial charge < -0.3 is 5.11 Å². The maximum atomic E-state index is 10.4. The molecule has 1 aliphatic heterocycles. The molecule has 1 fully saturated rings. The Hall–Kier alpha value is -0.940. The molecule has 1 aliphatic rings. The Bertz CT molecular complexity index is 419. The highest BCUT2D eigenvalue weighted by Crippen LogP contribution is 2.11. The largest absolute Gasteiger partial charge is 0.392 e. The van der Waals surface area contributed by atoms with Gasteiger partial charge >= 0.3 is 0 Å². The molecule has 0 amide bonds. The summed E-state index contributed by atoms with van der Waals surface area (Å²) in [4.78, 5) is 4.89. The number of rotatable bonds is 11. The third-order valence-electron chi connectivity index (χ3n) is 4.86. The second-order valence-corrected chi connectivity index (χ2v) is 6.98. The summed E-state index contributed by atoms with van der Waals surface area (Å²) in [5.74, 6) is 0. The average Bonchev–Trinajstić information content (AvgIpc) is 2.61. The second-order valence-electron chi connectivity index (χ2n) is 6.98. The van der Waals surface area contributed by atoms with E-state index < -0.39 is 0 Å². The lowest BCUT2D eigenvalue weighted by Crippen LogP contribution is -2.48. The zero-order chi connectivity index (χ0) is 17.0. The molecule has 1 aromatic rings. The van der Waals surface area contributed by atoms with Crippen molar-refractivity contribution in [3.8, 4) is 0 Å². The molecule has 24 heavy (non-hydrogen) atoms. The molecular weight excluding hydrogens is 300 g/mol. The van der Waals surface area contributed by atoms with Crippen LogP contribution in [0.25, 0.3) is 0 Å². The van der Waals surface area contributed by atoms with Gasteiger partial charge in [-0.05, 0) is 18.4 Å². The molecule has 1 heterocycles. The van der Waals surface area contributed by atoms with E-state index >= 15 is 0 Å². The van der Waals surface area contributed by atoms with Crippen LogP contribution < -0.4 is 0 Å². The number of aliphatic hydroxyl groups excluding tert-OH is 1. The number of hydrogen-bond donors (Lipinski definition) is 1. The number of aliphatic hydroxyl groups is 1. The predicted molar refractivity (Wildman–Crippen MR) is 97.4 cm³/mol. The molecule has 4 nitrogen and oxygen atoms in total. The highest BCUT2D eigenvalue weighted by Gasteiger charge is 2.19. The second kappa shape index (κ2) is 11.6. The Morgan fingerprint density at radius 2 is 1.50 bits per heavy atom. The third kappa shape index (κ3) is 7.75. The maximum Gasteiger partial charge on any atom is 0.0822 e. The smallest absolute Gasteiger partial charge is 0.0822 e. The first-order valence-electron chi connectivity index (χ1n) is 9.52. The molecule has 1 radical (unpaired) electrons. The Morgan fingerprint density at radius 1 is 0.875 bits per heavy atom. The first kappa shape index (κ1) is 19.4. The molecule has 1 atom stereocenters. The normalized spacial score (nSPS) is 17.9. The van der Waals surface area contributed by atoms with Gasteiger partial charge in [-0.1, -0.05) is 56.0 Å². The number of hydrogen-bond acceptors (Lipinski definition) is 3. The lowest BCUT2D eigenvalue weighted by atomic mass is 10.1. The summed E-state index contributed by atoms with van der Waals surface area (Å²) in [5.41, 5.74) is 1.38. The molecule has 1 unspecified atom stereocenters. The van der Waals surface area contributed by atoms with Crippen molar-refractivity contribution in [2.75, 3.05) is 39.3 Å². The van der Waals surface area contributed by atoms with E-state index in [1.807, 2.05) is 0 Å². The summed E-state index contributed by atoms with van der Waals surface area (Å²) < 4.78 is 0. The van der Waals surface area contributed by atoms with Crippen molar-refractivity contribution < 1.29 is 10.2 Å². The number of β-amino-alcohol motifs (C(OH)–C–C–N with tert-alkyl or cyclic N) is 1. The fraction of sp³-hybridized carbons (Fsp3) is 0.700. The van der Waals surface area contributed by atoms with E-state index in [2.05, 4.69) is 40.1 Å². The minimum absolute atomic E-state index is 0.0544.